The summed E-state index contributed by atoms with van der Waals surface area (Å²) in [5, 5.41) is 14.9. The van der Waals surface area contributed by atoms with Crippen LogP contribution in [0.3, 0.4) is 0 Å². The molecule has 1 heterocycles. The quantitative estimate of drug-likeness (QED) is 0.219. The van der Waals surface area contributed by atoms with Gasteiger partial charge < -0.3 is 10.9 Å². The largest absolute Gasteiger partial charge is 0.409 e. The SMILES string of the molecule is Cn1ncc(Cl)c1S(=O)(=O)NCCCCC(N)=NO. The van der Waals surface area contributed by atoms with Gasteiger partial charge in [0.1, 0.15) is 5.84 Å². The van der Waals surface area contributed by atoms with E-state index in [9.17, 15) is 8.42 Å². The highest BCUT2D eigenvalue weighted by molar-refractivity contribution is 7.89. The maximum atomic E-state index is 11.9. The predicted molar refractivity (Wildman–Crippen MR) is 70.7 cm³/mol. The maximum absolute atomic E-state index is 11.9. The van der Waals surface area contributed by atoms with Crippen LogP contribution in [0.2, 0.25) is 5.02 Å². The topological polar surface area (TPSA) is 123 Å². The van der Waals surface area contributed by atoms with E-state index in [1.807, 2.05) is 0 Å². The Labute approximate surface area is 116 Å². The van der Waals surface area contributed by atoms with E-state index in [0.717, 1.165) is 0 Å². The van der Waals surface area contributed by atoms with Gasteiger partial charge in [-0.3, -0.25) is 4.68 Å². The summed E-state index contributed by atoms with van der Waals surface area (Å²) >= 11 is 5.77. The average Bonchev–Trinajstić information content (AvgIpc) is 2.68. The van der Waals surface area contributed by atoms with Gasteiger partial charge in [-0.1, -0.05) is 16.8 Å². The number of nitrogens with two attached hydrogens (primary N) is 1. The van der Waals surface area contributed by atoms with Gasteiger partial charge >= 0.3 is 0 Å². The summed E-state index contributed by atoms with van der Waals surface area (Å²) in [6.45, 7) is 0.239. The molecule has 1 aromatic rings. The third kappa shape index (κ3) is 4.37. The first kappa shape index (κ1) is 15.7. The average molecular weight is 310 g/mol. The fourth-order valence-corrected chi connectivity index (χ4v) is 3.18. The van der Waals surface area contributed by atoms with Gasteiger partial charge in [-0.15, -0.1) is 0 Å². The third-order valence-electron chi connectivity index (χ3n) is 2.38. The highest BCUT2D eigenvalue weighted by Crippen LogP contribution is 2.19. The van der Waals surface area contributed by atoms with Crippen molar-refractivity contribution in [2.24, 2.45) is 17.9 Å². The van der Waals surface area contributed by atoms with E-state index in [4.69, 9.17) is 22.5 Å². The summed E-state index contributed by atoms with van der Waals surface area (Å²) < 4.78 is 27.5. The van der Waals surface area contributed by atoms with Gasteiger partial charge in [0.25, 0.3) is 10.0 Å². The Morgan fingerprint density at radius 2 is 2.32 bits per heavy atom. The number of aromatic nitrogens is 2. The summed E-state index contributed by atoms with van der Waals surface area (Å²) in [6, 6.07) is 0. The summed E-state index contributed by atoms with van der Waals surface area (Å²) in [5.41, 5.74) is 5.29. The molecule has 10 heteroatoms. The van der Waals surface area contributed by atoms with Crippen LogP contribution in [0, 0.1) is 0 Å². The molecule has 108 valence electrons. The second kappa shape index (κ2) is 6.73. The highest BCUT2D eigenvalue weighted by atomic mass is 35.5. The molecule has 4 N–H and O–H groups in total. The van der Waals surface area contributed by atoms with E-state index in [1.165, 1.54) is 17.9 Å². The van der Waals surface area contributed by atoms with Gasteiger partial charge in [0, 0.05) is 20.0 Å². The van der Waals surface area contributed by atoms with Crippen LogP contribution in [-0.4, -0.2) is 35.8 Å². The van der Waals surface area contributed by atoms with Gasteiger partial charge in [0.05, 0.1) is 11.2 Å². The van der Waals surface area contributed by atoms with Crippen LogP contribution in [0.5, 0.6) is 0 Å². The van der Waals surface area contributed by atoms with Crippen molar-refractivity contribution in [3.8, 4) is 0 Å². The van der Waals surface area contributed by atoms with Crippen molar-refractivity contribution in [2.75, 3.05) is 6.54 Å². The molecule has 0 unspecified atom stereocenters. The van der Waals surface area contributed by atoms with Crippen LogP contribution in [0.1, 0.15) is 19.3 Å². The molecule has 19 heavy (non-hydrogen) atoms. The third-order valence-corrected chi connectivity index (χ3v) is 4.34. The van der Waals surface area contributed by atoms with E-state index in [1.54, 1.807) is 0 Å². The number of halogens is 1. The van der Waals surface area contributed by atoms with Crippen molar-refractivity contribution >= 4 is 27.5 Å². The number of hydrogen-bond acceptors (Lipinski definition) is 5. The van der Waals surface area contributed by atoms with Crippen molar-refractivity contribution in [1.29, 1.82) is 0 Å². The lowest BCUT2D eigenvalue weighted by Gasteiger charge is -2.07. The fourth-order valence-electron chi connectivity index (χ4n) is 1.46. The molecule has 0 aliphatic carbocycles. The standard InChI is InChI=1S/C9H16ClN5O3S/c1-15-9(7(10)6-12-15)19(17,18)13-5-3-2-4-8(11)14-16/h6,13,16H,2-5H2,1H3,(H2,11,14). The van der Waals surface area contributed by atoms with Crippen molar-refractivity contribution in [3.05, 3.63) is 11.2 Å². The van der Waals surface area contributed by atoms with E-state index in [0.29, 0.717) is 19.3 Å². The van der Waals surface area contributed by atoms with Crippen LogP contribution >= 0.6 is 11.6 Å². The maximum Gasteiger partial charge on any atom is 0.259 e. The molecular formula is C9H16ClN5O3S. The number of aryl methyl sites for hydroxylation is 1. The molecule has 0 spiro atoms. The summed E-state index contributed by atoms with van der Waals surface area (Å²) in [6.07, 6.45) is 2.85. The van der Waals surface area contributed by atoms with Gasteiger partial charge in [-0.25, -0.2) is 13.1 Å². The minimum atomic E-state index is -3.68. The molecule has 0 aliphatic heterocycles. The molecule has 1 aromatic heterocycles. The number of rotatable bonds is 7. The van der Waals surface area contributed by atoms with Gasteiger partial charge in [-0.05, 0) is 12.8 Å². The van der Waals surface area contributed by atoms with Crippen LogP contribution in [-0.2, 0) is 17.1 Å². The van der Waals surface area contributed by atoms with E-state index < -0.39 is 10.0 Å². The van der Waals surface area contributed by atoms with Gasteiger partial charge in [-0.2, -0.15) is 5.10 Å². The molecule has 0 atom stereocenters. The molecule has 0 aromatic carbocycles. The molecule has 0 bridgehead atoms. The van der Waals surface area contributed by atoms with Crippen LogP contribution < -0.4 is 10.5 Å². The molecule has 1 rings (SSSR count). The lowest BCUT2D eigenvalue weighted by Crippen LogP contribution is -2.27. The molecule has 0 aliphatic rings. The molecule has 0 saturated heterocycles. The zero-order valence-corrected chi connectivity index (χ0v) is 11.9. The molecule has 0 amide bonds. The Bertz CT molecular complexity index is 535. The zero-order chi connectivity index (χ0) is 14.5. The number of oxime groups is 1. The number of unbranched alkanes of at least 4 members (excludes halogenated alkanes) is 1. The number of hydrogen-bond donors (Lipinski definition) is 3. The summed E-state index contributed by atoms with van der Waals surface area (Å²) in [4.78, 5) is 0. The number of nitrogens with zero attached hydrogens (tertiary/aromatic N) is 3. The van der Waals surface area contributed by atoms with E-state index >= 15 is 0 Å². The molecule has 8 nitrogen and oxygen atoms in total. The minimum Gasteiger partial charge on any atom is -0.409 e. The van der Waals surface area contributed by atoms with Gasteiger partial charge in [0.15, 0.2) is 5.03 Å². The second-order valence-corrected chi connectivity index (χ2v) is 5.96. The predicted octanol–water partition coefficient (Wildman–Crippen LogP) is 0.269. The van der Waals surface area contributed by atoms with Crippen molar-refractivity contribution in [2.45, 2.75) is 24.3 Å². The Morgan fingerprint density at radius 1 is 1.63 bits per heavy atom. The summed E-state index contributed by atoms with van der Waals surface area (Å²) in [7, 11) is -2.18. The number of nitrogens with one attached hydrogen (secondary N) is 1. The smallest absolute Gasteiger partial charge is 0.259 e. The zero-order valence-electron chi connectivity index (χ0n) is 10.4. The highest BCUT2D eigenvalue weighted by Gasteiger charge is 2.21. The first-order chi connectivity index (χ1) is 8.88. The fraction of sp³-hybridized carbons (Fsp3) is 0.556. The molecule has 0 radical (unpaired) electrons. The van der Waals surface area contributed by atoms with E-state index in [2.05, 4.69) is 15.0 Å². The Kier molecular flexibility index (Phi) is 5.58. The van der Waals surface area contributed by atoms with E-state index in [-0.39, 0.29) is 22.4 Å². The Hall–Kier alpha value is -1.32. The number of sulfonamides is 1. The lowest BCUT2D eigenvalue weighted by molar-refractivity contribution is 0.316. The first-order valence-electron chi connectivity index (χ1n) is 5.52. The first-order valence-corrected chi connectivity index (χ1v) is 7.38. The van der Waals surface area contributed by atoms with Gasteiger partial charge in [0.2, 0.25) is 0 Å². The Morgan fingerprint density at radius 3 is 2.84 bits per heavy atom. The van der Waals surface area contributed by atoms with Crippen molar-refractivity contribution in [3.63, 3.8) is 0 Å². The van der Waals surface area contributed by atoms with Crippen LogP contribution in [0.25, 0.3) is 0 Å². The monoisotopic (exact) mass is 309 g/mol. The number of amidine groups is 1. The summed E-state index contributed by atoms with van der Waals surface area (Å²) in [5.74, 6) is 0.123. The van der Waals surface area contributed by atoms with Crippen LogP contribution in [0.4, 0.5) is 0 Å². The normalized spacial score (nSPS) is 12.8. The Balaban J connectivity index is 2.49. The molecular weight excluding hydrogens is 294 g/mol. The second-order valence-electron chi connectivity index (χ2n) is 3.87. The minimum absolute atomic E-state index is 0.0643. The molecule has 0 fully saturated rings. The lowest BCUT2D eigenvalue weighted by atomic mass is 10.2. The van der Waals surface area contributed by atoms with Crippen molar-refractivity contribution in [1.82, 2.24) is 14.5 Å². The van der Waals surface area contributed by atoms with Crippen molar-refractivity contribution < 1.29 is 13.6 Å². The molecule has 0 saturated carbocycles. The van der Waals surface area contributed by atoms with Crippen LogP contribution in [0.15, 0.2) is 16.4 Å².